The molecule has 0 aliphatic rings. The molecular formula is C13H15BrN4O3S. The average molecular weight is 387 g/mol. The fourth-order valence-corrected chi connectivity index (χ4v) is 2.82. The summed E-state index contributed by atoms with van der Waals surface area (Å²) in [5, 5.41) is 9.35. The van der Waals surface area contributed by atoms with Crippen LogP contribution in [0.15, 0.2) is 33.6 Å². The minimum absolute atomic E-state index is 0.177. The molecule has 1 aromatic heterocycles. The van der Waals surface area contributed by atoms with Crippen molar-refractivity contribution in [3.05, 3.63) is 45.7 Å². The zero-order valence-electron chi connectivity index (χ0n) is 12.0. The molecular weight excluding hydrogens is 372 g/mol. The number of sulfonamides is 1. The van der Waals surface area contributed by atoms with E-state index in [9.17, 15) is 13.2 Å². The summed E-state index contributed by atoms with van der Waals surface area (Å²) in [6, 6.07) is 6.27. The lowest BCUT2D eigenvalue weighted by Crippen LogP contribution is -2.23. The van der Waals surface area contributed by atoms with Crippen molar-refractivity contribution in [2.75, 3.05) is 7.05 Å². The molecule has 1 heterocycles. The molecule has 0 aliphatic heterocycles. The normalized spacial score (nSPS) is 11.4. The third-order valence-corrected chi connectivity index (χ3v) is 5.44. The maximum atomic E-state index is 12.0. The van der Waals surface area contributed by atoms with Crippen LogP contribution in [0.5, 0.6) is 0 Å². The van der Waals surface area contributed by atoms with Crippen LogP contribution in [0.4, 0.5) is 0 Å². The second-order valence-electron chi connectivity index (χ2n) is 4.55. The Bertz CT molecular complexity index is 784. The number of hydrogen-bond acceptors (Lipinski definition) is 4. The molecule has 0 radical (unpaired) electrons. The molecule has 7 nitrogen and oxygen atoms in total. The number of rotatable bonds is 5. The van der Waals surface area contributed by atoms with Gasteiger partial charge in [0.2, 0.25) is 10.0 Å². The van der Waals surface area contributed by atoms with E-state index in [1.54, 1.807) is 19.1 Å². The fraction of sp³-hybridized carbons (Fsp3) is 0.231. The number of nitrogens with one attached hydrogen (secondary N) is 3. The molecule has 0 saturated heterocycles. The van der Waals surface area contributed by atoms with Gasteiger partial charge in [0, 0.05) is 12.2 Å². The second kappa shape index (κ2) is 6.59. The molecule has 0 unspecified atom stereocenters. The first-order chi connectivity index (χ1) is 10.3. The van der Waals surface area contributed by atoms with Crippen LogP contribution in [0.25, 0.3) is 0 Å². The summed E-state index contributed by atoms with van der Waals surface area (Å²) in [6.07, 6.45) is 0. The number of aryl methyl sites for hydroxylation is 1. The molecule has 1 aromatic carbocycles. The van der Waals surface area contributed by atoms with Crippen molar-refractivity contribution in [2.24, 2.45) is 0 Å². The Hall–Kier alpha value is -1.71. The third-order valence-electron chi connectivity index (χ3n) is 3.04. The number of H-pyrrole nitrogens is 1. The molecule has 1 amide bonds. The molecule has 0 spiro atoms. The topological polar surface area (TPSA) is 104 Å². The van der Waals surface area contributed by atoms with Crippen molar-refractivity contribution in [1.82, 2.24) is 20.2 Å². The number of carbonyl (C=O) groups excluding carboxylic acids is 1. The molecule has 0 saturated carbocycles. The second-order valence-corrected chi connectivity index (χ2v) is 7.22. The summed E-state index contributed by atoms with van der Waals surface area (Å²) in [5.74, 6) is -0.317. The number of halogens is 1. The van der Waals surface area contributed by atoms with E-state index in [4.69, 9.17) is 0 Å². The lowest BCUT2D eigenvalue weighted by atomic mass is 10.2. The first-order valence-electron chi connectivity index (χ1n) is 6.36. The zero-order chi connectivity index (χ0) is 16.3. The van der Waals surface area contributed by atoms with Crippen molar-refractivity contribution in [1.29, 1.82) is 0 Å². The van der Waals surface area contributed by atoms with Gasteiger partial charge in [0.15, 0.2) is 5.69 Å². The van der Waals surface area contributed by atoms with Gasteiger partial charge in [0.05, 0.1) is 9.37 Å². The van der Waals surface area contributed by atoms with Crippen molar-refractivity contribution in [2.45, 2.75) is 18.4 Å². The monoisotopic (exact) mass is 386 g/mol. The molecule has 22 heavy (non-hydrogen) atoms. The predicted molar refractivity (Wildman–Crippen MR) is 84.9 cm³/mol. The van der Waals surface area contributed by atoms with Crippen LogP contribution in [0.1, 0.15) is 21.7 Å². The number of aromatic amines is 1. The summed E-state index contributed by atoms with van der Waals surface area (Å²) < 4.78 is 26.1. The first kappa shape index (κ1) is 16.7. The van der Waals surface area contributed by atoms with Crippen molar-refractivity contribution in [3.63, 3.8) is 0 Å². The Labute approximate surface area is 136 Å². The van der Waals surface area contributed by atoms with Gasteiger partial charge in [0.25, 0.3) is 5.91 Å². The molecule has 118 valence electrons. The smallest absolute Gasteiger partial charge is 0.273 e. The van der Waals surface area contributed by atoms with E-state index in [-0.39, 0.29) is 23.0 Å². The van der Waals surface area contributed by atoms with Crippen molar-refractivity contribution >= 4 is 31.9 Å². The SMILES string of the molecule is CNS(=O)(=O)c1ccc(CNC(=O)c2n[nH]c(C)c2Br)cc1. The van der Waals surface area contributed by atoms with E-state index in [1.165, 1.54) is 19.2 Å². The standard InChI is InChI=1S/C13H15BrN4O3S/c1-8-11(14)12(18-17-8)13(19)16-7-9-3-5-10(6-4-9)22(20,21)15-2/h3-6,15H,7H2,1-2H3,(H,16,19)(H,17,18). The summed E-state index contributed by atoms with van der Waals surface area (Å²) in [6.45, 7) is 2.08. The largest absolute Gasteiger partial charge is 0.347 e. The van der Waals surface area contributed by atoms with Gasteiger partial charge in [-0.05, 0) is 47.6 Å². The zero-order valence-corrected chi connectivity index (χ0v) is 14.4. The van der Waals surface area contributed by atoms with Crippen LogP contribution < -0.4 is 10.0 Å². The maximum Gasteiger partial charge on any atom is 0.273 e. The highest BCUT2D eigenvalue weighted by molar-refractivity contribution is 9.10. The van der Waals surface area contributed by atoms with Crippen molar-refractivity contribution < 1.29 is 13.2 Å². The summed E-state index contributed by atoms with van der Waals surface area (Å²) >= 11 is 3.29. The number of aromatic nitrogens is 2. The molecule has 0 atom stereocenters. The average Bonchev–Trinajstić information content (AvgIpc) is 2.85. The summed E-state index contributed by atoms with van der Waals surface area (Å²) in [7, 11) is -2.10. The first-order valence-corrected chi connectivity index (χ1v) is 8.64. The van der Waals surface area contributed by atoms with Crippen molar-refractivity contribution in [3.8, 4) is 0 Å². The Morgan fingerprint density at radius 3 is 2.45 bits per heavy atom. The van der Waals surface area contributed by atoms with Crippen LogP contribution >= 0.6 is 15.9 Å². The molecule has 2 rings (SSSR count). The minimum atomic E-state index is -3.45. The lowest BCUT2D eigenvalue weighted by molar-refractivity contribution is 0.0945. The number of nitrogens with zero attached hydrogens (tertiary/aromatic N) is 1. The molecule has 0 fully saturated rings. The lowest BCUT2D eigenvalue weighted by Gasteiger charge is -2.06. The third kappa shape index (κ3) is 3.54. The van der Waals surface area contributed by atoms with Crippen LogP contribution in [-0.2, 0) is 16.6 Å². The van der Waals surface area contributed by atoms with E-state index in [0.717, 1.165) is 11.3 Å². The van der Waals surface area contributed by atoms with Crippen LogP contribution in [-0.4, -0.2) is 31.6 Å². The summed E-state index contributed by atoms with van der Waals surface area (Å²) in [4.78, 5) is 12.2. The van der Waals surface area contributed by atoms with Gasteiger partial charge < -0.3 is 5.32 Å². The highest BCUT2D eigenvalue weighted by atomic mass is 79.9. The number of hydrogen-bond donors (Lipinski definition) is 3. The van der Waals surface area contributed by atoms with Gasteiger partial charge in [-0.1, -0.05) is 12.1 Å². The summed E-state index contributed by atoms with van der Waals surface area (Å²) in [5.41, 5.74) is 1.84. The van der Waals surface area contributed by atoms with Gasteiger partial charge >= 0.3 is 0 Å². The Morgan fingerprint density at radius 2 is 1.95 bits per heavy atom. The van der Waals surface area contributed by atoms with E-state index < -0.39 is 10.0 Å². The van der Waals surface area contributed by atoms with E-state index in [2.05, 4.69) is 36.2 Å². The minimum Gasteiger partial charge on any atom is -0.347 e. The fourth-order valence-electron chi connectivity index (χ4n) is 1.74. The van der Waals surface area contributed by atoms with E-state index >= 15 is 0 Å². The van der Waals surface area contributed by atoms with Gasteiger partial charge in [-0.25, -0.2) is 13.1 Å². The Morgan fingerprint density at radius 1 is 1.32 bits per heavy atom. The molecule has 0 bridgehead atoms. The Balaban J connectivity index is 2.03. The van der Waals surface area contributed by atoms with E-state index in [1.807, 2.05) is 0 Å². The van der Waals surface area contributed by atoms with Crippen LogP contribution in [0, 0.1) is 6.92 Å². The molecule has 9 heteroatoms. The predicted octanol–water partition coefficient (Wildman–Crippen LogP) is 1.32. The van der Waals surface area contributed by atoms with Gasteiger partial charge in [-0.3, -0.25) is 9.89 Å². The molecule has 3 N–H and O–H groups in total. The molecule has 0 aliphatic carbocycles. The highest BCUT2D eigenvalue weighted by Crippen LogP contribution is 2.18. The van der Waals surface area contributed by atoms with Crippen LogP contribution in [0.2, 0.25) is 0 Å². The highest BCUT2D eigenvalue weighted by Gasteiger charge is 2.15. The van der Waals surface area contributed by atoms with Crippen LogP contribution in [0.3, 0.4) is 0 Å². The number of amides is 1. The van der Waals surface area contributed by atoms with Gasteiger partial charge in [0.1, 0.15) is 0 Å². The van der Waals surface area contributed by atoms with Gasteiger partial charge in [-0.2, -0.15) is 5.10 Å². The molecule has 2 aromatic rings. The Kier molecular flexibility index (Phi) is 4.99. The quantitative estimate of drug-likeness (QED) is 0.720. The number of carbonyl (C=O) groups is 1. The van der Waals surface area contributed by atoms with Gasteiger partial charge in [-0.15, -0.1) is 0 Å². The van der Waals surface area contributed by atoms with E-state index in [0.29, 0.717) is 4.47 Å². The number of benzene rings is 1. The maximum absolute atomic E-state index is 12.0.